The zero-order chi connectivity index (χ0) is 11.5. The monoisotopic (exact) mass is 219 g/mol. The predicted octanol–water partition coefficient (Wildman–Crippen LogP) is -0.0380. The molecule has 5 nitrogen and oxygen atoms in total. The van der Waals surface area contributed by atoms with Crippen LogP contribution in [0.3, 0.4) is 0 Å². The van der Waals surface area contributed by atoms with Crippen molar-refractivity contribution in [3.63, 3.8) is 0 Å². The molecule has 0 atom stereocenters. The van der Waals surface area contributed by atoms with E-state index in [2.05, 4.69) is 10.3 Å². The van der Waals surface area contributed by atoms with Gasteiger partial charge in [0, 0.05) is 18.8 Å². The summed E-state index contributed by atoms with van der Waals surface area (Å²) >= 11 is 0. The number of hydrogen-bond acceptors (Lipinski definition) is 3. The summed E-state index contributed by atoms with van der Waals surface area (Å²) in [5.41, 5.74) is 1.20. The number of aryl methyl sites for hydroxylation is 1. The Morgan fingerprint density at radius 2 is 2.31 bits per heavy atom. The third-order valence-corrected chi connectivity index (χ3v) is 2.43. The van der Waals surface area contributed by atoms with Crippen molar-refractivity contribution in [3.8, 4) is 0 Å². The van der Waals surface area contributed by atoms with Crippen LogP contribution < -0.4 is 5.32 Å². The molecule has 0 aliphatic carbocycles. The summed E-state index contributed by atoms with van der Waals surface area (Å²) in [7, 11) is 0. The fourth-order valence-corrected chi connectivity index (χ4v) is 1.64. The molecule has 2 heterocycles. The molecule has 1 aromatic heterocycles. The van der Waals surface area contributed by atoms with E-state index in [4.69, 9.17) is 0 Å². The highest BCUT2D eigenvalue weighted by molar-refractivity contribution is 5.95. The molecule has 1 aliphatic rings. The van der Waals surface area contributed by atoms with Crippen LogP contribution in [0, 0.1) is 6.92 Å². The van der Waals surface area contributed by atoms with Crippen LogP contribution in [0.5, 0.6) is 0 Å². The van der Waals surface area contributed by atoms with Crippen LogP contribution in [-0.4, -0.2) is 41.3 Å². The van der Waals surface area contributed by atoms with Crippen molar-refractivity contribution in [2.45, 2.75) is 6.92 Å². The van der Waals surface area contributed by atoms with Gasteiger partial charge in [0.05, 0.1) is 6.54 Å². The average Bonchev–Trinajstić information content (AvgIpc) is 2.28. The Bertz CT molecular complexity index is 431. The topological polar surface area (TPSA) is 62.3 Å². The van der Waals surface area contributed by atoms with Crippen molar-refractivity contribution in [2.24, 2.45) is 0 Å². The number of nitrogens with zero attached hydrogens (tertiary/aromatic N) is 2. The molecule has 0 saturated carbocycles. The van der Waals surface area contributed by atoms with Gasteiger partial charge < -0.3 is 10.2 Å². The molecule has 0 unspecified atom stereocenters. The van der Waals surface area contributed by atoms with Crippen molar-refractivity contribution >= 4 is 11.8 Å². The minimum Gasteiger partial charge on any atom is -0.353 e. The highest BCUT2D eigenvalue weighted by Crippen LogP contribution is 2.04. The molecule has 16 heavy (non-hydrogen) atoms. The van der Waals surface area contributed by atoms with E-state index in [1.165, 1.54) is 4.90 Å². The average molecular weight is 219 g/mol. The van der Waals surface area contributed by atoms with Gasteiger partial charge in [0.1, 0.15) is 5.69 Å². The van der Waals surface area contributed by atoms with Crippen LogP contribution in [0.2, 0.25) is 0 Å². The Hall–Kier alpha value is -1.91. The Morgan fingerprint density at radius 1 is 1.50 bits per heavy atom. The van der Waals surface area contributed by atoms with Crippen LogP contribution in [0.25, 0.3) is 0 Å². The Kier molecular flexibility index (Phi) is 2.85. The highest BCUT2D eigenvalue weighted by Gasteiger charge is 2.22. The van der Waals surface area contributed by atoms with Gasteiger partial charge in [0.2, 0.25) is 5.91 Å². The molecule has 2 rings (SSSR count). The van der Waals surface area contributed by atoms with Crippen LogP contribution in [0.4, 0.5) is 0 Å². The number of amides is 2. The number of nitrogens with one attached hydrogen (secondary N) is 1. The highest BCUT2D eigenvalue weighted by atomic mass is 16.2. The molecule has 5 heteroatoms. The molecular weight excluding hydrogens is 206 g/mol. The fourth-order valence-electron chi connectivity index (χ4n) is 1.64. The molecule has 0 spiro atoms. The van der Waals surface area contributed by atoms with Crippen molar-refractivity contribution in [2.75, 3.05) is 19.6 Å². The van der Waals surface area contributed by atoms with Gasteiger partial charge in [-0.15, -0.1) is 0 Å². The molecular formula is C11H13N3O2. The molecule has 1 aliphatic heterocycles. The van der Waals surface area contributed by atoms with Crippen LogP contribution in [-0.2, 0) is 4.79 Å². The van der Waals surface area contributed by atoms with Crippen LogP contribution in [0.15, 0.2) is 18.2 Å². The van der Waals surface area contributed by atoms with Crippen molar-refractivity contribution in [1.82, 2.24) is 15.2 Å². The summed E-state index contributed by atoms with van der Waals surface area (Å²) in [6.07, 6.45) is 0. The maximum Gasteiger partial charge on any atom is 0.272 e. The number of piperazine rings is 1. The van der Waals surface area contributed by atoms with E-state index in [1.807, 2.05) is 13.0 Å². The standard InChI is InChI=1S/C11H13N3O2/c1-8-3-2-4-9(13-8)11(16)14-6-5-12-10(15)7-14/h2-4H,5-7H2,1H3,(H,12,15). The molecule has 2 amide bonds. The van der Waals surface area contributed by atoms with Crippen molar-refractivity contribution in [1.29, 1.82) is 0 Å². The van der Waals surface area contributed by atoms with E-state index < -0.39 is 0 Å². The zero-order valence-electron chi connectivity index (χ0n) is 9.06. The molecule has 0 radical (unpaired) electrons. The molecule has 1 saturated heterocycles. The van der Waals surface area contributed by atoms with Gasteiger partial charge in [0.25, 0.3) is 5.91 Å². The van der Waals surface area contributed by atoms with Gasteiger partial charge in [-0.1, -0.05) is 6.07 Å². The lowest BCUT2D eigenvalue weighted by Crippen LogP contribution is -2.50. The molecule has 0 aromatic carbocycles. The molecule has 1 N–H and O–H groups in total. The lowest BCUT2D eigenvalue weighted by atomic mass is 10.2. The first-order valence-electron chi connectivity index (χ1n) is 5.16. The Morgan fingerprint density at radius 3 is 3.00 bits per heavy atom. The van der Waals surface area contributed by atoms with E-state index in [-0.39, 0.29) is 18.4 Å². The number of rotatable bonds is 1. The number of aromatic nitrogens is 1. The summed E-state index contributed by atoms with van der Waals surface area (Å²) in [5.74, 6) is -0.300. The molecule has 1 fully saturated rings. The van der Waals surface area contributed by atoms with Gasteiger partial charge in [-0.2, -0.15) is 0 Å². The van der Waals surface area contributed by atoms with Gasteiger partial charge in [-0.05, 0) is 19.1 Å². The minimum atomic E-state index is -0.182. The van der Waals surface area contributed by atoms with Crippen LogP contribution >= 0.6 is 0 Å². The van der Waals surface area contributed by atoms with E-state index in [0.29, 0.717) is 18.8 Å². The number of pyridine rings is 1. The third-order valence-electron chi connectivity index (χ3n) is 2.43. The largest absolute Gasteiger partial charge is 0.353 e. The third kappa shape index (κ3) is 2.18. The van der Waals surface area contributed by atoms with Gasteiger partial charge in [-0.25, -0.2) is 4.98 Å². The summed E-state index contributed by atoms with van der Waals surface area (Å²) in [6, 6.07) is 5.29. The molecule has 84 valence electrons. The van der Waals surface area contributed by atoms with E-state index in [0.717, 1.165) is 5.69 Å². The van der Waals surface area contributed by atoms with Crippen LogP contribution in [0.1, 0.15) is 16.2 Å². The maximum atomic E-state index is 12.0. The van der Waals surface area contributed by atoms with Crippen molar-refractivity contribution < 1.29 is 9.59 Å². The van der Waals surface area contributed by atoms with Gasteiger partial charge in [-0.3, -0.25) is 9.59 Å². The fraction of sp³-hybridized carbons (Fsp3) is 0.364. The van der Waals surface area contributed by atoms with Crippen molar-refractivity contribution in [3.05, 3.63) is 29.6 Å². The first kappa shape index (κ1) is 10.6. The lowest BCUT2D eigenvalue weighted by Gasteiger charge is -2.26. The second-order valence-corrected chi connectivity index (χ2v) is 3.74. The summed E-state index contributed by atoms with van der Waals surface area (Å²) < 4.78 is 0. The quantitative estimate of drug-likeness (QED) is 0.721. The van der Waals surface area contributed by atoms with Gasteiger partial charge in [0.15, 0.2) is 0 Å². The SMILES string of the molecule is Cc1cccc(C(=O)N2CCNC(=O)C2)n1. The second-order valence-electron chi connectivity index (χ2n) is 3.74. The first-order valence-corrected chi connectivity index (χ1v) is 5.16. The number of hydrogen-bond donors (Lipinski definition) is 1. The Balaban J connectivity index is 2.15. The smallest absolute Gasteiger partial charge is 0.272 e. The molecule has 0 bridgehead atoms. The van der Waals surface area contributed by atoms with E-state index >= 15 is 0 Å². The lowest BCUT2D eigenvalue weighted by molar-refractivity contribution is -0.123. The van der Waals surface area contributed by atoms with Gasteiger partial charge >= 0.3 is 0 Å². The maximum absolute atomic E-state index is 12.0. The number of carbonyl (C=O) groups excluding carboxylic acids is 2. The predicted molar refractivity (Wildman–Crippen MR) is 57.9 cm³/mol. The minimum absolute atomic E-state index is 0.118. The zero-order valence-corrected chi connectivity index (χ0v) is 9.06. The molecule has 1 aromatic rings. The Labute approximate surface area is 93.5 Å². The summed E-state index contributed by atoms with van der Waals surface area (Å²) in [5, 5.41) is 2.68. The summed E-state index contributed by atoms with van der Waals surface area (Å²) in [4.78, 5) is 28.8. The van der Waals surface area contributed by atoms with E-state index in [1.54, 1.807) is 12.1 Å². The second kappa shape index (κ2) is 4.30. The first-order chi connectivity index (χ1) is 7.66. The normalized spacial score (nSPS) is 15.8. The number of carbonyl (C=O) groups is 2. The summed E-state index contributed by atoms with van der Waals surface area (Å²) in [6.45, 7) is 3.00. The van der Waals surface area contributed by atoms with E-state index in [9.17, 15) is 9.59 Å².